The highest BCUT2D eigenvalue weighted by molar-refractivity contribution is 5.94. The number of methoxy groups -OCH3 is 2. The normalized spacial score (nSPS) is 13.7. The van der Waals surface area contributed by atoms with E-state index < -0.39 is 0 Å². The summed E-state index contributed by atoms with van der Waals surface area (Å²) in [4.78, 5) is 14.7. The zero-order chi connectivity index (χ0) is 19.9. The fraction of sp³-hybridized carbons (Fsp3) is 0.435. The van der Waals surface area contributed by atoms with Gasteiger partial charge in [0.15, 0.2) is 11.5 Å². The smallest absolute Gasteiger partial charge is 0.251 e. The first-order chi connectivity index (χ1) is 13.6. The maximum Gasteiger partial charge on any atom is 0.251 e. The Hall–Kier alpha value is -2.53. The van der Waals surface area contributed by atoms with E-state index in [2.05, 4.69) is 29.3 Å². The van der Waals surface area contributed by atoms with E-state index in [4.69, 9.17) is 9.47 Å². The largest absolute Gasteiger partial charge is 0.493 e. The van der Waals surface area contributed by atoms with Crippen molar-refractivity contribution < 1.29 is 14.3 Å². The van der Waals surface area contributed by atoms with Crippen LogP contribution in [0.25, 0.3) is 0 Å². The van der Waals surface area contributed by atoms with Gasteiger partial charge in [-0.05, 0) is 53.8 Å². The average molecular weight is 383 g/mol. The van der Waals surface area contributed by atoms with Gasteiger partial charge < -0.3 is 14.8 Å². The summed E-state index contributed by atoms with van der Waals surface area (Å²) in [5.41, 5.74) is 4.57. The number of nitrogens with zero attached hydrogens (tertiary/aromatic N) is 1. The van der Waals surface area contributed by atoms with Crippen molar-refractivity contribution in [1.29, 1.82) is 0 Å². The van der Waals surface area contributed by atoms with Crippen LogP contribution in [0, 0.1) is 0 Å². The molecule has 1 heterocycles. The monoisotopic (exact) mass is 382 g/mol. The van der Waals surface area contributed by atoms with Crippen LogP contribution in [0.4, 0.5) is 0 Å². The summed E-state index contributed by atoms with van der Waals surface area (Å²) in [5, 5.41) is 3.04. The number of benzene rings is 2. The Morgan fingerprint density at radius 1 is 1.07 bits per heavy atom. The van der Waals surface area contributed by atoms with Crippen LogP contribution in [0.1, 0.15) is 40.4 Å². The topological polar surface area (TPSA) is 50.8 Å². The molecule has 0 saturated carbocycles. The number of hydrogen-bond acceptors (Lipinski definition) is 4. The molecule has 0 radical (unpaired) electrons. The fourth-order valence-corrected chi connectivity index (χ4v) is 3.67. The Kier molecular flexibility index (Phi) is 6.93. The van der Waals surface area contributed by atoms with Gasteiger partial charge in [0.05, 0.1) is 14.2 Å². The van der Waals surface area contributed by atoms with Crippen molar-refractivity contribution in [2.24, 2.45) is 0 Å². The summed E-state index contributed by atoms with van der Waals surface area (Å²) < 4.78 is 10.8. The van der Waals surface area contributed by atoms with Crippen molar-refractivity contribution in [2.45, 2.75) is 32.7 Å². The van der Waals surface area contributed by atoms with Crippen molar-refractivity contribution in [2.75, 3.05) is 33.9 Å². The van der Waals surface area contributed by atoms with Gasteiger partial charge in [-0.3, -0.25) is 9.69 Å². The molecule has 0 spiro atoms. The molecule has 0 aromatic heterocycles. The first-order valence-electron chi connectivity index (χ1n) is 9.97. The lowest BCUT2D eigenvalue weighted by Gasteiger charge is -2.29. The van der Waals surface area contributed by atoms with Crippen LogP contribution in [0.3, 0.4) is 0 Å². The number of amides is 1. The van der Waals surface area contributed by atoms with E-state index in [0.29, 0.717) is 6.54 Å². The van der Waals surface area contributed by atoms with Gasteiger partial charge >= 0.3 is 0 Å². The van der Waals surface area contributed by atoms with Crippen LogP contribution in [-0.2, 0) is 19.4 Å². The lowest BCUT2D eigenvalue weighted by Crippen LogP contribution is -2.37. The van der Waals surface area contributed by atoms with E-state index in [1.165, 1.54) is 16.7 Å². The summed E-state index contributed by atoms with van der Waals surface area (Å²) in [7, 11) is 3.33. The van der Waals surface area contributed by atoms with Gasteiger partial charge in [-0.15, -0.1) is 0 Å². The molecule has 3 rings (SSSR count). The molecule has 0 fully saturated rings. The number of rotatable bonds is 8. The molecule has 0 aliphatic carbocycles. The Labute approximate surface area is 167 Å². The Morgan fingerprint density at radius 2 is 1.75 bits per heavy atom. The molecule has 28 heavy (non-hydrogen) atoms. The van der Waals surface area contributed by atoms with Crippen LogP contribution in [-0.4, -0.2) is 44.7 Å². The molecule has 1 amide bonds. The minimum atomic E-state index is -0.00753. The standard InChI is InChI=1S/C23H30N2O3/c1-4-5-17-6-8-18(9-7-17)23(26)24-11-13-25-12-10-19-14-21(27-2)22(28-3)15-20(19)16-25/h6-9,14-15H,4-5,10-13,16H2,1-3H3,(H,24,26). The highest BCUT2D eigenvalue weighted by Crippen LogP contribution is 2.33. The third-order valence-corrected chi connectivity index (χ3v) is 5.27. The van der Waals surface area contributed by atoms with Crippen molar-refractivity contribution in [3.05, 3.63) is 58.7 Å². The minimum Gasteiger partial charge on any atom is -0.493 e. The van der Waals surface area contributed by atoms with E-state index in [9.17, 15) is 4.79 Å². The molecule has 1 aliphatic rings. The van der Waals surface area contributed by atoms with Crippen LogP contribution in [0.15, 0.2) is 36.4 Å². The summed E-state index contributed by atoms with van der Waals surface area (Å²) in [5.74, 6) is 1.54. The maximum atomic E-state index is 12.3. The lowest BCUT2D eigenvalue weighted by atomic mass is 9.99. The Balaban J connectivity index is 1.51. The number of hydrogen-bond donors (Lipinski definition) is 1. The third-order valence-electron chi connectivity index (χ3n) is 5.27. The van der Waals surface area contributed by atoms with E-state index in [1.54, 1.807) is 14.2 Å². The molecule has 5 nitrogen and oxygen atoms in total. The quantitative estimate of drug-likeness (QED) is 0.760. The van der Waals surface area contributed by atoms with Crippen LogP contribution >= 0.6 is 0 Å². The third kappa shape index (κ3) is 4.84. The summed E-state index contributed by atoms with van der Waals surface area (Å²) >= 11 is 0. The zero-order valence-electron chi connectivity index (χ0n) is 17.1. The average Bonchev–Trinajstić information content (AvgIpc) is 2.73. The van der Waals surface area contributed by atoms with E-state index in [1.807, 2.05) is 24.3 Å². The van der Waals surface area contributed by atoms with Crippen LogP contribution in [0.5, 0.6) is 11.5 Å². The van der Waals surface area contributed by atoms with Crippen LogP contribution in [0.2, 0.25) is 0 Å². The second-order valence-corrected chi connectivity index (χ2v) is 7.20. The van der Waals surface area contributed by atoms with Gasteiger partial charge in [-0.2, -0.15) is 0 Å². The van der Waals surface area contributed by atoms with Crippen molar-refractivity contribution >= 4 is 5.91 Å². The van der Waals surface area contributed by atoms with Crippen molar-refractivity contribution in [1.82, 2.24) is 10.2 Å². The van der Waals surface area contributed by atoms with Gasteiger partial charge in [-0.1, -0.05) is 25.5 Å². The second-order valence-electron chi connectivity index (χ2n) is 7.20. The number of carbonyl (C=O) groups is 1. The molecule has 2 aromatic carbocycles. The van der Waals surface area contributed by atoms with E-state index in [0.717, 1.165) is 56.0 Å². The SMILES string of the molecule is CCCc1ccc(C(=O)NCCN2CCc3cc(OC)c(OC)cc3C2)cc1. The molecule has 1 N–H and O–H groups in total. The molecule has 0 atom stereocenters. The summed E-state index contributed by atoms with van der Waals surface area (Å²) in [6.45, 7) is 5.46. The van der Waals surface area contributed by atoms with Gasteiger partial charge in [0, 0.05) is 31.7 Å². The molecular weight excluding hydrogens is 352 g/mol. The zero-order valence-corrected chi connectivity index (χ0v) is 17.1. The molecule has 1 aliphatic heterocycles. The molecule has 5 heteroatoms. The predicted octanol–water partition coefficient (Wildman–Crippen LogP) is 3.44. The molecule has 150 valence electrons. The lowest BCUT2D eigenvalue weighted by molar-refractivity contribution is 0.0947. The van der Waals surface area contributed by atoms with Gasteiger partial charge in [0.25, 0.3) is 5.91 Å². The number of carbonyl (C=O) groups excluding carboxylic acids is 1. The molecule has 0 unspecified atom stereocenters. The number of nitrogens with one attached hydrogen (secondary N) is 1. The summed E-state index contributed by atoms with van der Waals surface area (Å²) in [6, 6.07) is 12.1. The Bertz CT molecular complexity index is 802. The van der Waals surface area contributed by atoms with Gasteiger partial charge in [0.2, 0.25) is 0 Å². The van der Waals surface area contributed by atoms with Crippen LogP contribution < -0.4 is 14.8 Å². The minimum absolute atomic E-state index is 0.00753. The molecular formula is C23H30N2O3. The summed E-state index contributed by atoms with van der Waals surface area (Å²) in [6.07, 6.45) is 3.14. The second kappa shape index (κ2) is 9.60. The van der Waals surface area contributed by atoms with Gasteiger partial charge in [-0.25, -0.2) is 0 Å². The highest BCUT2D eigenvalue weighted by Gasteiger charge is 2.19. The molecule has 0 bridgehead atoms. The number of aryl methyl sites for hydroxylation is 1. The van der Waals surface area contributed by atoms with E-state index >= 15 is 0 Å². The maximum absolute atomic E-state index is 12.3. The highest BCUT2D eigenvalue weighted by atomic mass is 16.5. The number of fused-ring (bicyclic) bond motifs is 1. The number of ether oxygens (including phenoxy) is 2. The molecule has 2 aromatic rings. The molecule has 0 saturated heterocycles. The first kappa shape index (κ1) is 20.2. The van der Waals surface area contributed by atoms with E-state index in [-0.39, 0.29) is 5.91 Å². The van der Waals surface area contributed by atoms with Gasteiger partial charge in [0.1, 0.15) is 0 Å². The Morgan fingerprint density at radius 3 is 2.39 bits per heavy atom. The van der Waals surface area contributed by atoms with Crippen molar-refractivity contribution in [3.63, 3.8) is 0 Å². The van der Waals surface area contributed by atoms with Crippen molar-refractivity contribution in [3.8, 4) is 11.5 Å². The first-order valence-corrected chi connectivity index (χ1v) is 9.97. The predicted molar refractivity (Wildman–Crippen MR) is 111 cm³/mol. The fourth-order valence-electron chi connectivity index (χ4n) is 3.67.